The Kier molecular flexibility index (Phi) is 19.1. The summed E-state index contributed by atoms with van der Waals surface area (Å²) in [6.45, 7) is 13.6. The molecule has 0 radical (unpaired) electrons. The van der Waals surface area contributed by atoms with Crippen molar-refractivity contribution in [3.63, 3.8) is 0 Å². The third-order valence-corrected chi connectivity index (χ3v) is 128. The van der Waals surface area contributed by atoms with Gasteiger partial charge in [0.15, 0.2) is 17.4 Å². The van der Waals surface area contributed by atoms with Crippen LogP contribution in [0.1, 0.15) is 0 Å². The van der Waals surface area contributed by atoms with Gasteiger partial charge in [0.2, 0.25) is 35.0 Å². The fourth-order valence-corrected chi connectivity index (χ4v) is 176. The highest BCUT2D eigenvalue weighted by Gasteiger charge is 2.53. The Labute approximate surface area is 261 Å². The Balaban J connectivity index is 5.23. The molecule has 0 aliphatic heterocycles. The Morgan fingerprint density at radius 3 is 1.34 bits per heavy atom. The second-order valence-corrected chi connectivity index (χ2v) is 95.2. The third-order valence-electron chi connectivity index (χ3n) is 4.72. The van der Waals surface area contributed by atoms with E-state index >= 15 is 0 Å². The van der Waals surface area contributed by atoms with Gasteiger partial charge in [-0.3, -0.25) is 0 Å². The quantitative estimate of drug-likeness (QED) is 0.104. The van der Waals surface area contributed by atoms with Crippen LogP contribution in [0.4, 0.5) is 0 Å². The summed E-state index contributed by atoms with van der Waals surface area (Å²) in [6.07, 6.45) is 0. The van der Waals surface area contributed by atoms with Crippen molar-refractivity contribution in [3.05, 3.63) is 0 Å². The molecule has 1 atom stereocenters. The van der Waals surface area contributed by atoms with Crippen LogP contribution in [0.2, 0.25) is 52.4 Å². The molecule has 224 valence electrons. The molecule has 15 nitrogen and oxygen atoms in total. The van der Waals surface area contributed by atoms with E-state index in [2.05, 4.69) is 0 Å². The highest BCUT2D eigenvalue weighted by molar-refractivity contribution is 7.78. The summed E-state index contributed by atoms with van der Waals surface area (Å²) in [5.41, 5.74) is 0. The van der Waals surface area contributed by atoms with Crippen molar-refractivity contribution in [3.8, 4) is 0 Å². The maximum absolute atomic E-state index is 12.7. The summed E-state index contributed by atoms with van der Waals surface area (Å²) in [5.74, 6) is 0. The number of hydrogen-bond acceptors (Lipinski definition) is 15. The van der Waals surface area contributed by atoms with Crippen LogP contribution in [0.25, 0.3) is 0 Å². The fourth-order valence-electron chi connectivity index (χ4n) is 2.67. The van der Waals surface area contributed by atoms with Crippen molar-refractivity contribution in [1.29, 1.82) is 0 Å². The molecule has 0 heterocycles. The van der Waals surface area contributed by atoms with Gasteiger partial charge >= 0.3 is 92.6 Å². The predicted molar refractivity (Wildman–Crippen MR) is 170 cm³/mol. The van der Waals surface area contributed by atoms with E-state index in [1.54, 1.807) is 13.1 Å². The molecule has 0 amide bonds. The highest BCUT2D eigenvalue weighted by atomic mass is 30.1. The Hall–Kier alpha value is 1.38. The van der Waals surface area contributed by atoms with E-state index in [0.717, 1.165) is 0 Å². The lowest BCUT2D eigenvalue weighted by atomic mass is 11.8. The standard InChI is InChI=1S/C8H30O15Si18/c1-26(2)23-41(7,8)39(20)38(19)37(18)36(17)35(16)34(15)33(14)32(13)28(9)24-21-27(3)30(11)31(12)29(10)25-22-40(4,5)6/h26-27H,24-25H2,1-8H3. The van der Waals surface area contributed by atoms with Crippen LogP contribution in [0.15, 0.2) is 0 Å². The summed E-state index contributed by atoms with van der Waals surface area (Å²) in [7, 11) is -54.3. The van der Waals surface area contributed by atoms with Crippen molar-refractivity contribution in [2.75, 3.05) is 0 Å². The van der Waals surface area contributed by atoms with Crippen LogP contribution >= 0.6 is 0 Å². The minimum atomic E-state index is -3.88. The van der Waals surface area contributed by atoms with Gasteiger partial charge in [0.1, 0.15) is 0 Å². The second kappa shape index (κ2) is 18.5. The largest absolute Gasteiger partial charge is 0.457 e. The van der Waals surface area contributed by atoms with E-state index in [1.807, 2.05) is 19.6 Å². The Morgan fingerprint density at radius 2 is 0.927 bits per heavy atom. The molecule has 0 aromatic heterocycles. The van der Waals surface area contributed by atoms with Crippen LogP contribution in [0.5, 0.6) is 0 Å². The number of rotatable bonds is 20. The van der Waals surface area contributed by atoms with E-state index in [0.29, 0.717) is 0 Å². The van der Waals surface area contributed by atoms with Gasteiger partial charge in [0.25, 0.3) is 0 Å². The average Bonchev–Trinajstić information content (AvgIpc) is 2.88. The lowest BCUT2D eigenvalue weighted by Gasteiger charge is -2.21. The molecule has 0 N–H and O–H groups in total. The summed E-state index contributed by atoms with van der Waals surface area (Å²) in [6, 6.07) is 0. The van der Waals surface area contributed by atoms with Crippen molar-refractivity contribution < 1.29 is 65.9 Å². The summed E-state index contributed by atoms with van der Waals surface area (Å²) < 4.78 is 167. The van der Waals surface area contributed by atoms with Gasteiger partial charge in [-0.2, -0.15) is 0 Å². The predicted octanol–water partition coefficient (Wildman–Crippen LogP) is -5.42. The van der Waals surface area contributed by atoms with Crippen molar-refractivity contribution in [1.82, 2.24) is 0 Å². The number of hydrogen-bond donors (Lipinski definition) is 0. The van der Waals surface area contributed by atoms with E-state index < -0.39 is 145 Å². The molecule has 0 rings (SSSR count). The SMILES string of the molecule is C[SiH](C)O[Si](C)(C)[Si](=O)[Si](=O)[Si](=O)[Si](=O)[Si](=O)[Si](=O)[Si](=O)[Si](=O)[Si](=O)[SiH2]O[SiH](C)[Si](=O)[Si](=O)[Si](=O)[SiH2]O[Si](C)(C)C. The Morgan fingerprint density at radius 1 is 0.537 bits per heavy atom. The molecule has 41 heavy (non-hydrogen) atoms. The molecule has 0 aromatic carbocycles. The first kappa shape index (κ1) is 42.4. The monoisotopic (exact) mass is 870 g/mol. The van der Waals surface area contributed by atoms with Crippen molar-refractivity contribution in [2.45, 2.75) is 52.4 Å². The zero-order chi connectivity index (χ0) is 32.6. The maximum Gasteiger partial charge on any atom is 0.381 e. The van der Waals surface area contributed by atoms with Gasteiger partial charge in [0, 0.05) is 0 Å². The average molecular weight is 872 g/mol. The van der Waals surface area contributed by atoms with E-state index in [1.165, 1.54) is 19.6 Å². The first-order chi connectivity index (χ1) is 18.5. The minimum Gasteiger partial charge on any atom is -0.457 e. The second-order valence-electron chi connectivity index (χ2n) is 10.2. The highest BCUT2D eigenvalue weighted by Crippen LogP contribution is 2.07. The summed E-state index contributed by atoms with van der Waals surface area (Å²) >= 11 is 0. The molecule has 0 aliphatic rings. The molecule has 0 fully saturated rings. The van der Waals surface area contributed by atoms with E-state index in [9.17, 15) is 53.5 Å². The molecular weight excluding hydrogens is 842 g/mol. The zero-order valence-corrected chi connectivity index (χ0v) is 42.8. The van der Waals surface area contributed by atoms with Crippen molar-refractivity contribution >= 4 is 145 Å². The third kappa shape index (κ3) is 14.1. The van der Waals surface area contributed by atoms with E-state index in [-0.39, 0.29) is 0 Å². The minimum absolute atomic E-state index is 1.40. The fraction of sp³-hybridized carbons (Fsp3) is 1.00. The van der Waals surface area contributed by atoms with Crippen LogP contribution < -0.4 is 0 Å². The zero-order valence-electron chi connectivity index (χ0n) is 23.7. The molecule has 0 saturated heterocycles. The van der Waals surface area contributed by atoms with Gasteiger partial charge in [-0.1, -0.05) is 0 Å². The topological polar surface area (TPSA) is 233 Å². The molecule has 1 unspecified atom stereocenters. The Bertz CT molecular complexity index is 1250. The van der Waals surface area contributed by atoms with Gasteiger partial charge in [-0.05, 0) is 52.4 Å². The summed E-state index contributed by atoms with van der Waals surface area (Å²) in [4.78, 5) is 0. The van der Waals surface area contributed by atoms with Gasteiger partial charge in [-0.25, -0.2) is 0 Å². The molecule has 0 bridgehead atoms. The maximum atomic E-state index is 12.7. The van der Waals surface area contributed by atoms with Crippen LogP contribution in [-0.2, 0) is 65.9 Å². The van der Waals surface area contributed by atoms with Crippen LogP contribution in [0, 0.1) is 0 Å². The molecule has 0 aromatic rings. The van der Waals surface area contributed by atoms with Gasteiger partial charge in [-0.15, -0.1) is 0 Å². The molecule has 0 aliphatic carbocycles. The van der Waals surface area contributed by atoms with Gasteiger partial charge < -0.3 is 65.9 Å². The van der Waals surface area contributed by atoms with E-state index in [4.69, 9.17) is 12.3 Å². The lowest BCUT2D eigenvalue weighted by molar-refractivity contribution is 0.533. The van der Waals surface area contributed by atoms with Crippen LogP contribution in [0.3, 0.4) is 0 Å². The first-order valence-electron chi connectivity index (χ1n) is 11.9. The normalized spacial score (nSPS) is 12.8. The van der Waals surface area contributed by atoms with Crippen molar-refractivity contribution in [2.24, 2.45) is 0 Å². The molecule has 33 heteroatoms. The smallest absolute Gasteiger partial charge is 0.381 e. The lowest BCUT2D eigenvalue weighted by Crippen LogP contribution is -2.58. The first-order valence-corrected chi connectivity index (χ1v) is 58.1. The van der Waals surface area contributed by atoms with Gasteiger partial charge in [0.05, 0.1) is 0 Å². The molecular formula is C8H30O15Si18. The molecule has 0 saturated carbocycles. The van der Waals surface area contributed by atoms with Crippen LogP contribution in [-0.4, -0.2) is 145 Å². The summed E-state index contributed by atoms with van der Waals surface area (Å²) in [5, 5.41) is 0. The molecule has 0 spiro atoms.